The fourth-order valence-electron chi connectivity index (χ4n) is 2.86. The van der Waals surface area contributed by atoms with E-state index in [1.54, 1.807) is 25.4 Å². The Balaban J connectivity index is 1.78. The van der Waals surface area contributed by atoms with Crippen molar-refractivity contribution >= 4 is 11.5 Å². The summed E-state index contributed by atoms with van der Waals surface area (Å²) in [6.45, 7) is 1.99. The zero-order valence-electron chi connectivity index (χ0n) is 13.1. The molecule has 0 saturated carbocycles. The topological polar surface area (TPSA) is 76.1 Å². The lowest BCUT2D eigenvalue weighted by Crippen LogP contribution is -2.54. The monoisotopic (exact) mass is 341 g/mol. The number of rotatable bonds is 3. The molecule has 0 bridgehead atoms. The molecule has 0 aromatic carbocycles. The minimum atomic E-state index is -4.20. The number of aromatic nitrogens is 4. The highest BCUT2D eigenvalue weighted by atomic mass is 19.4. The van der Waals surface area contributed by atoms with Crippen LogP contribution in [0.3, 0.4) is 0 Å². The van der Waals surface area contributed by atoms with E-state index in [1.807, 2.05) is 4.90 Å². The predicted molar refractivity (Wildman–Crippen MR) is 82.9 cm³/mol. The predicted octanol–water partition coefficient (Wildman–Crippen LogP) is 1.32. The van der Waals surface area contributed by atoms with Gasteiger partial charge in [-0.25, -0.2) is 14.6 Å². The molecule has 0 spiro atoms. The van der Waals surface area contributed by atoms with E-state index < -0.39 is 12.7 Å². The second-order valence-corrected chi connectivity index (χ2v) is 5.77. The molecule has 2 N–H and O–H groups in total. The minimum Gasteiger partial charge on any atom is -0.393 e. The summed E-state index contributed by atoms with van der Waals surface area (Å²) in [4.78, 5) is 11.7. The lowest BCUT2D eigenvalue weighted by molar-refractivity contribution is -0.150. The van der Waals surface area contributed by atoms with Crippen LogP contribution in [0.1, 0.15) is 6.92 Å². The Morgan fingerprint density at radius 2 is 2.00 bits per heavy atom. The summed E-state index contributed by atoms with van der Waals surface area (Å²) in [6, 6.07) is 1.49. The molecule has 3 rings (SSSR count). The first-order valence-corrected chi connectivity index (χ1v) is 7.51. The molecule has 1 atom stereocenters. The average Bonchev–Trinajstić information content (AvgIpc) is 3.02. The van der Waals surface area contributed by atoms with Crippen molar-refractivity contribution in [2.45, 2.75) is 19.1 Å². The molecule has 0 amide bonds. The first kappa shape index (κ1) is 16.5. The quantitative estimate of drug-likeness (QED) is 0.907. The zero-order valence-corrected chi connectivity index (χ0v) is 13.1. The maximum Gasteiger partial charge on any atom is 0.401 e. The molecule has 0 aliphatic carbocycles. The van der Waals surface area contributed by atoms with Crippen LogP contribution in [0.5, 0.6) is 0 Å². The number of nitrogen functional groups attached to an aromatic ring is 1. The molecule has 24 heavy (non-hydrogen) atoms. The lowest BCUT2D eigenvalue weighted by Gasteiger charge is -2.40. The number of nitrogens with two attached hydrogens (primary N) is 1. The van der Waals surface area contributed by atoms with E-state index in [4.69, 9.17) is 5.73 Å². The van der Waals surface area contributed by atoms with Crippen LogP contribution in [0.25, 0.3) is 5.82 Å². The van der Waals surface area contributed by atoms with Crippen LogP contribution >= 0.6 is 0 Å². The van der Waals surface area contributed by atoms with E-state index in [0.717, 1.165) is 0 Å². The number of anilines is 2. The van der Waals surface area contributed by atoms with Gasteiger partial charge in [-0.2, -0.15) is 18.3 Å². The first-order chi connectivity index (χ1) is 11.3. The van der Waals surface area contributed by atoms with E-state index >= 15 is 0 Å². The summed E-state index contributed by atoms with van der Waals surface area (Å²) in [6.07, 6.45) is 0.513. The van der Waals surface area contributed by atoms with Crippen molar-refractivity contribution < 1.29 is 13.2 Å². The maximum absolute atomic E-state index is 12.6. The smallest absolute Gasteiger partial charge is 0.393 e. The van der Waals surface area contributed by atoms with Crippen molar-refractivity contribution in [2.24, 2.45) is 0 Å². The Labute approximate surface area is 136 Å². The fraction of sp³-hybridized carbons (Fsp3) is 0.500. The van der Waals surface area contributed by atoms with Gasteiger partial charge < -0.3 is 10.6 Å². The summed E-state index contributed by atoms with van der Waals surface area (Å²) in [5, 5.41) is 4.10. The molecule has 2 aromatic heterocycles. The maximum atomic E-state index is 12.6. The Kier molecular flexibility index (Phi) is 4.31. The highest BCUT2D eigenvalue weighted by Gasteiger charge is 2.35. The third-order valence-corrected chi connectivity index (χ3v) is 4.01. The number of halogens is 3. The SMILES string of the molecule is CC1CN(c2ncnc(-n3cccn3)c2N)CCN1CC(F)(F)F. The number of piperazine rings is 1. The molecule has 1 saturated heterocycles. The Bertz CT molecular complexity index is 686. The molecular weight excluding hydrogens is 323 g/mol. The van der Waals surface area contributed by atoms with Crippen LogP contribution in [0, 0.1) is 0 Å². The Hall–Kier alpha value is -2.36. The lowest BCUT2D eigenvalue weighted by atomic mass is 10.2. The molecule has 0 radical (unpaired) electrons. The molecule has 1 aliphatic rings. The molecule has 10 heteroatoms. The van der Waals surface area contributed by atoms with Gasteiger partial charge in [-0.15, -0.1) is 0 Å². The summed E-state index contributed by atoms with van der Waals surface area (Å²) in [5.41, 5.74) is 6.53. The first-order valence-electron chi connectivity index (χ1n) is 7.51. The van der Waals surface area contributed by atoms with Gasteiger partial charge in [0.25, 0.3) is 0 Å². The molecule has 1 fully saturated rings. The van der Waals surface area contributed by atoms with Gasteiger partial charge in [0.15, 0.2) is 11.6 Å². The number of hydrogen-bond donors (Lipinski definition) is 1. The molecule has 7 nitrogen and oxygen atoms in total. The highest BCUT2D eigenvalue weighted by Crippen LogP contribution is 2.28. The second kappa shape index (κ2) is 6.27. The van der Waals surface area contributed by atoms with Crippen molar-refractivity contribution in [3.63, 3.8) is 0 Å². The van der Waals surface area contributed by atoms with Crippen LogP contribution in [-0.2, 0) is 0 Å². The van der Waals surface area contributed by atoms with Crippen molar-refractivity contribution in [1.82, 2.24) is 24.6 Å². The minimum absolute atomic E-state index is 0.261. The molecular formula is C14H18F3N7. The van der Waals surface area contributed by atoms with E-state index in [1.165, 1.54) is 15.9 Å². The van der Waals surface area contributed by atoms with Gasteiger partial charge in [0, 0.05) is 38.1 Å². The molecule has 130 valence electrons. The molecule has 2 aromatic rings. The zero-order chi connectivity index (χ0) is 17.3. The van der Waals surface area contributed by atoms with Crippen LogP contribution in [0.2, 0.25) is 0 Å². The third-order valence-electron chi connectivity index (χ3n) is 4.01. The fourth-order valence-corrected chi connectivity index (χ4v) is 2.86. The normalized spacial score (nSPS) is 19.7. The second-order valence-electron chi connectivity index (χ2n) is 5.77. The van der Waals surface area contributed by atoms with Crippen molar-refractivity contribution in [3.8, 4) is 5.82 Å². The number of alkyl halides is 3. The van der Waals surface area contributed by atoms with Gasteiger partial charge in [0.1, 0.15) is 12.0 Å². The van der Waals surface area contributed by atoms with E-state index in [2.05, 4.69) is 15.1 Å². The largest absolute Gasteiger partial charge is 0.401 e. The van der Waals surface area contributed by atoms with Gasteiger partial charge in [-0.1, -0.05) is 0 Å². The van der Waals surface area contributed by atoms with E-state index in [9.17, 15) is 13.2 Å². The van der Waals surface area contributed by atoms with Crippen LogP contribution in [0.4, 0.5) is 24.7 Å². The van der Waals surface area contributed by atoms with Gasteiger partial charge in [0.05, 0.1) is 6.54 Å². The van der Waals surface area contributed by atoms with Crippen molar-refractivity contribution in [1.29, 1.82) is 0 Å². The summed E-state index contributed by atoms with van der Waals surface area (Å²) >= 11 is 0. The van der Waals surface area contributed by atoms with Crippen LogP contribution in [0.15, 0.2) is 24.8 Å². The molecule has 1 unspecified atom stereocenters. The average molecular weight is 341 g/mol. The van der Waals surface area contributed by atoms with Gasteiger partial charge in [-0.3, -0.25) is 4.90 Å². The van der Waals surface area contributed by atoms with Crippen molar-refractivity contribution in [2.75, 3.05) is 36.8 Å². The van der Waals surface area contributed by atoms with Gasteiger partial charge in [-0.05, 0) is 13.0 Å². The van der Waals surface area contributed by atoms with Crippen molar-refractivity contribution in [3.05, 3.63) is 24.8 Å². The third kappa shape index (κ3) is 3.42. The highest BCUT2D eigenvalue weighted by molar-refractivity contribution is 5.70. The van der Waals surface area contributed by atoms with Gasteiger partial charge >= 0.3 is 6.18 Å². The summed E-state index contributed by atoms with van der Waals surface area (Å²) in [5.74, 6) is 0.976. The van der Waals surface area contributed by atoms with Gasteiger partial charge in [0.2, 0.25) is 0 Å². The Morgan fingerprint density at radius 3 is 2.62 bits per heavy atom. The van der Waals surface area contributed by atoms with Crippen LogP contribution < -0.4 is 10.6 Å². The number of hydrogen-bond acceptors (Lipinski definition) is 6. The standard InChI is InChI=1S/C14H18F3N7/c1-10-7-22(5-6-23(10)8-14(15,16)17)12-11(18)13(20-9-19-12)24-4-2-3-21-24/h2-4,9-10H,5-8,18H2,1H3. The Morgan fingerprint density at radius 1 is 1.25 bits per heavy atom. The number of nitrogens with zero attached hydrogens (tertiary/aromatic N) is 6. The molecule has 1 aliphatic heterocycles. The summed E-state index contributed by atoms with van der Waals surface area (Å²) < 4.78 is 39.3. The summed E-state index contributed by atoms with van der Waals surface area (Å²) in [7, 11) is 0. The van der Waals surface area contributed by atoms with E-state index in [-0.39, 0.29) is 6.04 Å². The van der Waals surface area contributed by atoms with E-state index in [0.29, 0.717) is 37.0 Å². The molecule has 3 heterocycles. The van der Waals surface area contributed by atoms with Crippen LogP contribution in [-0.4, -0.2) is 63.0 Å².